The average molecular weight is 364 g/mol. The minimum Gasteiger partial charge on any atom is -0.383 e. The van der Waals surface area contributed by atoms with Crippen LogP contribution in [0.3, 0.4) is 0 Å². The molecule has 0 bridgehead atoms. The summed E-state index contributed by atoms with van der Waals surface area (Å²) in [6.07, 6.45) is 0.418. The van der Waals surface area contributed by atoms with E-state index in [0.29, 0.717) is 17.7 Å². The van der Waals surface area contributed by atoms with E-state index in [2.05, 4.69) is 23.7 Å². The van der Waals surface area contributed by atoms with Gasteiger partial charge in [-0.1, -0.05) is 0 Å². The van der Waals surface area contributed by atoms with Crippen molar-refractivity contribution in [3.63, 3.8) is 0 Å². The molecule has 1 saturated heterocycles. The molecule has 1 aliphatic heterocycles. The molecule has 2 heterocycles. The van der Waals surface area contributed by atoms with Gasteiger partial charge in [0.15, 0.2) is 12.5 Å². The highest BCUT2D eigenvalue weighted by molar-refractivity contribution is 7.16. The second kappa shape index (κ2) is 8.44. The van der Waals surface area contributed by atoms with Crippen molar-refractivity contribution in [3.8, 4) is 0 Å². The van der Waals surface area contributed by atoms with Crippen molar-refractivity contribution >= 4 is 30.7 Å². The molecule has 130 valence electrons. The smallest absolute Gasteiger partial charge is 0.177 e. The number of anilines is 1. The van der Waals surface area contributed by atoms with Crippen molar-refractivity contribution in [2.24, 2.45) is 0 Å². The molecule has 0 aromatic carbocycles. The highest BCUT2D eigenvalue weighted by atomic mass is 31.0. The lowest BCUT2D eigenvalue weighted by Crippen LogP contribution is -2.37. The Balaban J connectivity index is 2.26. The normalized spacial score (nSPS) is 28.9. The first-order valence-electron chi connectivity index (χ1n) is 6.93. The van der Waals surface area contributed by atoms with E-state index in [1.807, 2.05) is 0 Å². The van der Waals surface area contributed by atoms with E-state index in [0.717, 1.165) is 6.21 Å². The number of aliphatic hydroxyl groups is 1. The quantitative estimate of drug-likeness (QED) is 0.330. The highest BCUT2D eigenvalue weighted by Gasteiger charge is 2.47. The van der Waals surface area contributed by atoms with Gasteiger partial charge in [-0.15, -0.1) is 9.24 Å². The van der Waals surface area contributed by atoms with Crippen LogP contribution in [0.2, 0.25) is 0 Å². The maximum atomic E-state index is 9.54. The van der Waals surface area contributed by atoms with E-state index in [4.69, 9.17) is 29.9 Å². The van der Waals surface area contributed by atoms with Crippen LogP contribution in [0.25, 0.3) is 0 Å². The first kappa shape index (κ1) is 18.7. The molecule has 0 amide bonds. The lowest BCUT2D eigenvalue weighted by molar-refractivity contribution is -0.153. The Morgan fingerprint density at radius 2 is 2.35 bits per heavy atom. The number of aromatic nitrogens is 2. The predicted molar refractivity (Wildman–Crippen MR) is 90.4 cm³/mol. The summed E-state index contributed by atoms with van der Waals surface area (Å²) in [5.41, 5.74) is 6.35. The molecule has 23 heavy (non-hydrogen) atoms. The molecule has 0 aliphatic carbocycles. The minimum atomic E-state index is -1.05. The van der Waals surface area contributed by atoms with Crippen LogP contribution in [-0.4, -0.2) is 65.4 Å². The first-order valence-corrected chi connectivity index (χ1v) is 8.22. The molecule has 1 aliphatic rings. The van der Waals surface area contributed by atoms with E-state index >= 15 is 0 Å². The van der Waals surface area contributed by atoms with Crippen molar-refractivity contribution in [1.29, 1.82) is 5.41 Å². The number of methoxy groups -OCH3 is 1. The van der Waals surface area contributed by atoms with Crippen LogP contribution < -0.4 is 5.73 Å². The Bertz CT molecular complexity index is 532. The number of imidazole rings is 1. The fourth-order valence-electron chi connectivity index (χ4n) is 2.42. The van der Waals surface area contributed by atoms with E-state index < -0.39 is 18.6 Å². The number of hydrogen-bond acceptors (Lipinski definition) is 8. The average Bonchev–Trinajstić information content (AvgIpc) is 3.11. The minimum absolute atomic E-state index is 0.0405. The van der Waals surface area contributed by atoms with Crippen LogP contribution in [0.5, 0.6) is 0 Å². The molecule has 4 N–H and O–H groups in total. The highest BCUT2D eigenvalue weighted by Crippen LogP contribution is 2.37. The Kier molecular flexibility index (Phi) is 6.85. The van der Waals surface area contributed by atoms with E-state index in [1.165, 1.54) is 13.4 Å². The Labute approximate surface area is 138 Å². The molecule has 0 radical (unpaired) electrons. The van der Waals surface area contributed by atoms with Gasteiger partial charge in [-0.2, -0.15) is 0 Å². The fraction of sp³-hybridized carbons (Fsp3) is 0.667. The van der Waals surface area contributed by atoms with Gasteiger partial charge < -0.3 is 35.0 Å². The number of nitrogens with zero attached hydrogens (tertiary/aromatic N) is 2. The summed E-state index contributed by atoms with van der Waals surface area (Å²) in [6.45, 7) is -0.0405. The third-order valence-corrected chi connectivity index (χ3v) is 4.43. The van der Waals surface area contributed by atoms with Crippen molar-refractivity contribution in [2.75, 3.05) is 25.6 Å². The van der Waals surface area contributed by atoms with Gasteiger partial charge in [0.2, 0.25) is 0 Å². The van der Waals surface area contributed by atoms with E-state index in [-0.39, 0.29) is 18.8 Å². The maximum absolute atomic E-state index is 9.54. The Hall–Kier alpha value is -0.660. The maximum Gasteiger partial charge on any atom is 0.177 e. The second-order valence-corrected chi connectivity index (χ2v) is 5.70. The number of hydrogen-bond donors (Lipinski definition) is 3. The van der Waals surface area contributed by atoms with Gasteiger partial charge in [0.25, 0.3) is 0 Å². The number of rotatable bonds is 8. The SMILES string of the molecule is COC(O)COC1C(OP)C(CP)OC1n1cnc(C=N)c1N. The summed E-state index contributed by atoms with van der Waals surface area (Å²) in [5, 5.41) is 16.8. The van der Waals surface area contributed by atoms with Crippen molar-refractivity contribution in [2.45, 2.75) is 30.8 Å². The lowest BCUT2D eigenvalue weighted by atomic mass is 10.1. The second-order valence-electron chi connectivity index (χ2n) is 4.96. The molecule has 0 spiro atoms. The molecular weight excluding hydrogens is 342 g/mol. The standard InChI is InChI=1S/C12H22N4O5P2/c1-18-8(17)3-19-10-9(21-23)7(4-22)20-12(10)16-5-15-6(2-13)11(16)14/h2,5,7-10,12-13,17H,3-4,14,22-23H2,1H3. The molecule has 11 heteroatoms. The zero-order valence-electron chi connectivity index (χ0n) is 12.7. The van der Waals surface area contributed by atoms with Gasteiger partial charge in [-0.3, -0.25) is 4.57 Å². The summed E-state index contributed by atoms with van der Waals surface area (Å²) in [4.78, 5) is 4.06. The third kappa shape index (κ3) is 3.88. The number of nitrogen functional groups attached to an aromatic ring is 1. The zero-order valence-corrected chi connectivity index (χ0v) is 15.0. The monoisotopic (exact) mass is 364 g/mol. The molecule has 7 atom stereocenters. The number of nitrogens with two attached hydrogens (primary N) is 1. The fourth-order valence-corrected chi connectivity index (χ4v) is 3.13. The Morgan fingerprint density at radius 1 is 1.61 bits per heavy atom. The number of ether oxygens (including phenoxy) is 3. The molecule has 2 rings (SSSR count). The lowest BCUT2D eigenvalue weighted by Gasteiger charge is -2.25. The third-order valence-electron chi connectivity index (χ3n) is 3.65. The topological polar surface area (TPSA) is 125 Å². The van der Waals surface area contributed by atoms with Gasteiger partial charge in [-0.05, 0) is 6.16 Å². The summed E-state index contributed by atoms with van der Waals surface area (Å²) in [5.74, 6) is 0.304. The van der Waals surface area contributed by atoms with Crippen LogP contribution >= 0.6 is 18.7 Å². The van der Waals surface area contributed by atoms with Gasteiger partial charge in [0.05, 0.1) is 19.0 Å². The molecule has 0 saturated carbocycles. The van der Waals surface area contributed by atoms with Crippen LogP contribution in [0.1, 0.15) is 11.9 Å². The Morgan fingerprint density at radius 3 is 2.87 bits per heavy atom. The first-order chi connectivity index (χ1) is 11.1. The predicted octanol–water partition coefficient (Wildman–Crippen LogP) is -0.239. The largest absolute Gasteiger partial charge is 0.383 e. The van der Waals surface area contributed by atoms with Crippen molar-refractivity contribution < 1.29 is 23.8 Å². The van der Waals surface area contributed by atoms with Crippen molar-refractivity contribution in [1.82, 2.24) is 9.55 Å². The van der Waals surface area contributed by atoms with Gasteiger partial charge in [-0.25, -0.2) is 4.98 Å². The summed E-state index contributed by atoms with van der Waals surface area (Å²) < 4.78 is 23.5. The molecule has 1 fully saturated rings. The zero-order chi connectivity index (χ0) is 17.0. The van der Waals surface area contributed by atoms with Gasteiger partial charge in [0, 0.05) is 22.8 Å². The van der Waals surface area contributed by atoms with Crippen LogP contribution in [0, 0.1) is 5.41 Å². The van der Waals surface area contributed by atoms with Crippen LogP contribution in [-0.2, 0) is 18.7 Å². The summed E-state index contributed by atoms with van der Waals surface area (Å²) in [6, 6.07) is 0. The molecule has 7 unspecified atom stereocenters. The van der Waals surface area contributed by atoms with Gasteiger partial charge in [0.1, 0.15) is 23.7 Å². The number of aliphatic hydroxyl groups excluding tert-OH is 1. The van der Waals surface area contributed by atoms with Gasteiger partial charge >= 0.3 is 0 Å². The molecule has 1 aromatic heterocycles. The molecular formula is C12H22N4O5P2. The molecule has 1 aromatic rings. The number of nitrogens with one attached hydrogen (secondary N) is 1. The summed E-state index contributed by atoms with van der Waals surface area (Å²) in [7, 11) is 6.20. The van der Waals surface area contributed by atoms with E-state index in [9.17, 15) is 5.11 Å². The van der Waals surface area contributed by atoms with E-state index in [1.54, 1.807) is 4.57 Å². The molecule has 9 nitrogen and oxygen atoms in total. The summed E-state index contributed by atoms with van der Waals surface area (Å²) >= 11 is 0. The van der Waals surface area contributed by atoms with Crippen LogP contribution in [0.15, 0.2) is 6.33 Å². The van der Waals surface area contributed by atoms with Crippen molar-refractivity contribution in [3.05, 3.63) is 12.0 Å². The van der Waals surface area contributed by atoms with Crippen LogP contribution in [0.4, 0.5) is 5.82 Å².